The fraction of sp³-hybridized carbons (Fsp3) is 0.471. The molecule has 0 aliphatic rings. The van der Waals surface area contributed by atoms with Crippen molar-refractivity contribution in [3.63, 3.8) is 0 Å². The van der Waals surface area contributed by atoms with Crippen LogP contribution in [-0.2, 0) is 0 Å². The van der Waals surface area contributed by atoms with Gasteiger partial charge in [0.25, 0.3) is 5.91 Å². The Hall–Kier alpha value is -2.45. The van der Waals surface area contributed by atoms with Crippen LogP contribution in [0.3, 0.4) is 0 Å². The number of carbonyl (C=O) groups excluding carboxylic acids is 1. The highest BCUT2D eigenvalue weighted by Crippen LogP contribution is 2.28. The van der Waals surface area contributed by atoms with Gasteiger partial charge in [0.15, 0.2) is 0 Å². The Kier molecular flexibility index (Phi) is 6.49. The summed E-state index contributed by atoms with van der Waals surface area (Å²) in [5.74, 6) is 0.171. The van der Waals surface area contributed by atoms with E-state index >= 15 is 0 Å². The number of aliphatic hydroxyl groups excluding tert-OH is 2. The van der Waals surface area contributed by atoms with Crippen molar-refractivity contribution in [3.05, 3.63) is 29.2 Å². The van der Waals surface area contributed by atoms with E-state index < -0.39 is 0 Å². The molecule has 0 spiro atoms. The zero-order valence-electron chi connectivity index (χ0n) is 14.8. The smallest absolute Gasteiger partial charge is 0.268 e. The maximum absolute atomic E-state index is 12.2. The number of amides is 1. The highest BCUT2D eigenvalue weighted by atomic mass is 16.3. The Morgan fingerprint density at radius 3 is 2.76 bits per heavy atom. The van der Waals surface area contributed by atoms with Crippen molar-refractivity contribution < 1.29 is 15.0 Å². The summed E-state index contributed by atoms with van der Waals surface area (Å²) in [4.78, 5) is 24.0. The fourth-order valence-corrected chi connectivity index (χ4v) is 2.65. The molecule has 1 amide bonds. The fourth-order valence-electron chi connectivity index (χ4n) is 2.65. The molecule has 2 heterocycles. The quantitative estimate of drug-likeness (QED) is 0.485. The third-order valence-corrected chi connectivity index (χ3v) is 4.02. The van der Waals surface area contributed by atoms with Gasteiger partial charge >= 0.3 is 0 Å². The first kappa shape index (κ1) is 18.9. The van der Waals surface area contributed by atoms with Crippen molar-refractivity contribution in [2.45, 2.75) is 33.2 Å². The third-order valence-electron chi connectivity index (χ3n) is 4.02. The first-order chi connectivity index (χ1) is 12.0. The lowest BCUT2D eigenvalue weighted by Gasteiger charge is -2.14. The molecule has 0 saturated carbocycles. The predicted octanol–water partition coefficient (Wildman–Crippen LogP) is 0.993. The maximum atomic E-state index is 12.2. The van der Waals surface area contributed by atoms with Crippen molar-refractivity contribution in [1.82, 2.24) is 20.3 Å². The summed E-state index contributed by atoms with van der Waals surface area (Å²) in [6, 6.07) is 1.67. The Labute approximate surface area is 146 Å². The largest absolute Gasteiger partial charge is 0.395 e. The molecule has 0 aromatic carbocycles. The number of H-pyrrole nitrogens is 1. The number of nitrogens with zero attached hydrogens (tertiary/aromatic N) is 2. The van der Waals surface area contributed by atoms with E-state index in [-0.39, 0.29) is 31.7 Å². The van der Waals surface area contributed by atoms with Gasteiger partial charge in [0.1, 0.15) is 5.69 Å². The van der Waals surface area contributed by atoms with Crippen molar-refractivity contribution in [3.8, 4) is 11.3 Å². The highest BCUT2D eigenvalue weighted by Gasteiger charge is 2.19. The Bertz CT molecular complexity index is 725. The first-order valence-corrected chi connectivity index (χ1v) is 8.30. The molecule has 0 fully saturated rings. The molecule has 8 heteroatoms. The lowest BCUT2D eigenvalue weighted by Crippen LogP contribution is -2.27. The molecule has 0 unspecified atom stereocenters. The number of carbonyl (C=O) groups is 1. The minimum absolute atomic E-state index is 0.00146. The van der Waals surface area contributed by atoms with Crippen LogP contribution >= 0.6 is 0 Å². The maximum Gasteiger partial charge on any atom is 0.268 e. The van der Waals surface area contributed by atoms with E-state index in [1.165, 1.54) is 0 Å². The highest BCUT2D eigenvalue weighted by molar-refractivity contribution is 5.96. The number of aryl methyl sites for hydroxylation is 1. The van der Waals surface area contributed by atoms with Crippen LogP contribution in [-0.4, -0.2) is 56.9 Å². The average molecular weight is 347 g/mol. The van der Waals surface area contributed by atoms with E-state index in [0.717, 1.165) is 23.2 Å². The topological polar surface area (TPSA) is 123 Å². The lowest BCUT2D eigenvalue weighted by atomic mass is 10.1. The summed E-state index contributed by atoms with van der Waals surface area (Å²) in [7, 11) is 0. The van der Waals surface area contributed by atoms with Crippen molar-refractivity contribution in [2.24, 2.45) is 0 Å². The Balaban J connectivity index is 2.33. The third kappa shape index (κ3) is 4.34. The molecule has 0 aliphatic heterocycles. The van der Waals surface area contributed by atoms with Gasteiger partial charge in [0.2, 0.25) is 5.95 Å². The molecule has 0 radical (unpaired) electrons. The van der Waals surface area contributed by atoms with Crippen LogP contribution < -0.4 is 10.6 Å². The molecule has 0 aliphatic carbocycles. The molecule has 2 aromatic rings. The van der Waals surface area contributed by atoms with Crippen molar-refractivity contribution in [1.29, 1.82) is 0 Å². The zero-order valence-corrected chi connectivity index (χ0v) is 14.8. The minimum atomic E-state index is -0.264. The van der Waals surface area contributed by atoms with E-state index in [4.69, 9.17) is 5.11 Å². The summed E-state index contributed by atoms with van der Waals surface area (Å²) < 4.78 is 0. The van der Waals surface area contributed by atoms with Gasteiger partial charge in [-0.2, -0.15) is 0 Å². The van der Waals surface area contributed by atoms with Crippen LogP contribution in [0, 0.1) is 13.8 Å². The summed E-state index contributed by atoms with van der Waals surface area (Å²) >= 11 is 0. The summed E-state index contributed by atoms with van der Waals surface area (Å²) in [5.41, 5.74) is 3.60. The second-order valence-electron chi connectivity index (χ2n) is 5.80. The summed E-state index contributed by atoms with van der Waals surface area (Å²) in [6.07, 6.45) is 2.40. The summed E-state index contributed by atoms with van der Waals surface area (Å²) in [6.45, 7) is 5.79. The monoisotopic (exact) mass is 347 g/mol. The normalized spacial score (nSPS) is 12.0. The molecular formula is C17H25N5O3. The first-order valence-electron chi connectivity index (χ1n) is 8.30. The van der Waals surface area contributed by atoms with Crippen molar-refractivity contribution in [2.75, 3.05) is 25.1 Å². The SMILES string of the molecule is CC[C@@H](CO)Nc1nccc(-c2c(C)[nH]c(C(=O)NCCO)c2C)n1. The van der Waals surface area contributed by atoms with Crippen LogP contribution in [0.5, 0.6) is 0 Å². The molecule has 0 saturated heterocycles. The molecule has 25 heavy (non-hydrogen) atoms. The number of anilines is 1. The number of aromatic amines is 1. The zero-order chi connectivity index (χ0) is 18.4. The number of hydrogen-bond donors (Lipinski definition) is 5. The molecule has 2 aromatic heterocycles. The van der Waals surface area contributed by atoms with Gasteiger partial charge in [-0.3, -0.25) is 4.79 Å². The molecule has 0 bridgehead atoms. The molecular weight excluding hydrogens is 322 g/mol. The molecule has 8 nitrogen and oxygen atoms in total. The average Bonchev–Trinajstić information content (AvgIpc) is 2.92. The Morgan fingerprint density at radius 2 is 2.12 bits per heavy atom. The van der Waals surface area contributed by atoms with E-state index in [9.17, 15) is 9.90 Å². The van der Waals surface area contributed by atoms with Gasteiger partial charge < -0.3 is 25.8 Å². The number of nitrogens with one attached hydrogen (secondary N) is 3. The lowest BCUT2D eigenvalue weighted by molar-refractivity contribution is 0.0939. The molecule has 136 valence electrons. The van der Waals surface area contributed by atoms with Crippen LogP contribution in [0.2, 0.25) is 0 Å². The summed E-state index contributed by atoms with van der Waals surface area (Å²) in [5, 5.41) is 23.9. The van der Waals surface area contributed by atoms with E-state index in [0.29, 0.717) is 17.3 Å². The molecule has 1 atom stereocenters. The predicted molar refractivity (Wildman–Crippen MR) is 95.5 cm³/mol. The molecule has 5 N–H and O–H groups in total. The number of aromatic nitrogens is 3. The van der Waals surface area contributed by atoms with Crippen molar-refractivity contribution >= 4 is 11.9 Å². The van der Waals surface area contributed by atoms with Crippen LogP contribution in [0.25, 0.3) is 11.3 Å². The van der Waals surface area contributed by atoms with Crippen LogP contribution in [0.4, 0.5) is 5.95 Å². The second-order valence-corrected chi connectivity index (χ2v) is 5.80. The number of hydrogen-bond acceptors (Lipinski definition) is 6. The number of rotatable bonds is 8. The minimum Gasteiger partial charge on any atom is -0.395 e. The van der Waals surface area contributed by atoms with Crippen LogP contribution in [0.15, 0.2) is 12.3 Å². The Morgan fingerprint density at radius 1 is 1.36 bits per heavy atom. The van der Waals surface area contributed by atoms with E-state index in [1.54, 1.807) is 12.3 Å². The van der Waals surface area contributed by atoms with Gasteiger partial charge in [-0.05, 0) is 31.9 Å². The standard InChI is InChI=1S/C17H25N5O3/c1-4-12(9-24)21-17-19-6-5-13(22-17)14-10(2)15(20-11(14)3)16(25)18-7-8-23/h5-6,12,20,23-24H,4,7-9H2,1-3H3,(H,18,25)(H,19,21,22)/t12-/m0/s1. The van der Waals surface area contributed by atoms with Gasteiger partial charge in [-0.25, -0.2) is 9.97 Å². The van der Waals surface area contributed by atoms with Crippen LogP contribution in [0.1, 0.15) is 35.1 Å². The van der Waals surface area contributed by atoms with Gasteiger partial charge in [0.05, 0.1) is 24.9 Å². The second kappa shape index (κ2) is 8.59. The van der Waals surface area contributed by atoms with Gasteiger partial charge in [-0.1, -0.05) is 6.92 Å². The van der Waals surface area contributed by atoms with E-state index in [2.05, 4.69) is 25.6 Å². The number of aliphatic hydroxyl groups is 2. The molecule has 2 rings (SSSR count). The van der Waals surface area contributed by atoms with Gasteiger partial charge in [0, 0.05) is 24.0 Å². The van der Waals surface area contributed by atoms with E-state index in [1.807, 2.05) is 20.8 Å². The van der Waals surface area contributed by atoms with Gasteiger partial charge in [-0.15, -0.1) is 0 Å².